The lowest BCUT2D eigenvalue weighted by molar-refractivity contribution is -0.137. The molecule has 2 heterocycles. The second-order valence-electron chi connectivity index (χ2n) is 4.95. The molecule has 1 atom stereocenters. The maximum absolute atomic E-state index is 12.5. The lowest BCUT2D eigenvalue weighted by Crippen LogP contribution is -2.39. The molecule has 0 aliphatic carbocycles. The van der Waals surface area contributed by atoms with Gasteiger partial charge in [-0.05, 0) is 19.1 Å². The van der Waals surface area contributed by atoms with Gasteiger partial charge < -0.3 is 10.6 Å². The van der Waals surface area contributed by atoms with E-state index in [1.54, 1.807) is 14.0 Å². The Morgan fingerprint density at radius 3 is 2.48 bits per heavy atom. The smallest absolute Gasteiger partial charge is 0.336 e. The largest absolute Gasteiger partial charge is 0.417 e. The minimum Gasteiger partial charge on any atom is -0.336 e. The van der Waals surface area contributed by atoms with Gasteiger partial charge in [0.05, 0.1) is 11.8 Å². The van der Waals surface area contributed by atoms with Crippen molar-refractivity contribution in [3.63, 3.8) is 0 Å². The number of likely N-dealkylation sites (N-methyl/N-ethyl adjacent to an activating group) is 1. The number of nitrogens with two attached hydrogens (primary N) is 1. The van der Waals surface area contributed by atoms with E-state index >= 15 is 0 Å². The summed E-state index contributed by atoms with van der Waals surface area (Å²) in [6, 6.07) is 1.85. The number of nitrogens with zero attached hydrogens (tertiary/aromatic N) is 5. The zero-order valence-electron chi connectivity index (χ0n) is 13.3. The van der Waals surface area contributed by atoms with Crippen LogP contribution in [0.15, 0.2) is 24.5 Å². The molecule has 0 aliphatic heterocycles. The van der Waals surface area contributed by atoms with Gasteiger partial charge in [0.15, 0.2) is 11.5 Å². The molecule has 2 rings (SSSR count). The van der Waals surface area contributed by atoms with Gasteiger partial charge in [0.2, 0.25) is 0 Å². The quantitative estimate of drug-likeness (QED) is 0.846. The summed E-state index contributed by atoms with van der Waals surface area (Å²) in [7, 11) is 1.58. The second-order valence-corrected chi connectivity index (χ2v) is 4.95. The first-order chi connectivity index (χ1) is 10.7. The SMILES string of the molecule is CC(CN)N(C)C(=O)c1cn(-c2ccc(C(F)(F)F)cn2)nn1.Cl.Cl. The van der Waals surface area contributed by atoms with Crippen LogP contribution in [0.1, 0.15) is 23.0 Å². The molecule has 12 heteroatoms. The fraction of sp³-hybridized carbons (Fsp3) is 0.385. The number of aromatic nitrogens is 4. The first kappa shape index (κ1) is 23.1. The number of alkyl halides is 3. The Bertz CT molecular complexity index is 692. The Labute approximate surface area is 154 Å². The summed E-state index contributed by atoms with van der Waals surface area (Å²) in [6.45, 7) is 2.07. The highest BCUT2D eigenvalue weighted by molar-refractivity contribution is 5.92. The third-order valence-corrected chi connectivity index (χ3v) is 3.35. The Kier molecular flexibility index (Phi) is 8.29. The molecule has 0 aromatic carbocycles. The molecule has 0 aliphatic rings. The monoisotopic (exact) mass is 400 g/mol. The molecule has 0 spiro atoms. The van der Waals surface area contributed by atoms with Crippen LogP contribution >= 0.6 is 24.8 Å². The Morgan fingerprint density at radius 2 is 2.00 bits per heavy atom. The minimum absolute atomic E-state index is 0. The van der Waals surface area contributed by atoms with Gasteiger partial charge in [-0.1, -0.05) is 5.21 Å². The lowest BCUT2D eigenvalue weighted by atomic mass is 10.2. The number of rotatable bonds is 4. The molecule has 2 aromatic rings. The molecule has 0 fully saturated rings. The fourth-order valence-corrected chi connectivity index (χ4v) is 1.70. The number of carbonyl (C=O) groups excluding carboxylic acids is 1. The molecule has 0 saturated carbocycles. The standard InChI is InChI=1S/C13H15F3N6O.2ClH/c1-8(5-17)21(2)12(23)10-7-22(20-19-10)11-4-3-9(6-18-11)13(14,15)16;;/h3-4,6-8H,5,17H2,1-2H3;2*1H. The highest BCUT2D eigenvalue weighted by Crippen LogP contribution is 2.28. The molecule has 140 valence electrons. The van der Waals surface area contributed by atoms with E-state index in [1.807, 2.05) is 0 Å². The molecule has 1 amide bonds. The number of carbonyl (C=O) groups is 1. The second kappa shape index (κ2) is 8.97. The average Bonchev–Trinajstić information content (AvgIpc) is 3.02. The maximum Gasteiger partial charge on any atom is 0.417 e. The van der Waals surface area contributed by atoms with E-state index in [1.165, 1.54) is 11.1 Å². The zero-order chi connectivity index (χ0) is 17.2. The van der Waals surface area contributed by atoms with E-state index < -0.39 is 11.7 Å². The molecule has 0 bridgehead atoms. The van der Waals surface area contributed by atoms with E-state index in [-0.39, 0.29) is 54.8 Å². The van der Waals surface area contributed by atoms with E-state index in [4.69, 9.17) is 5.73 Å². The van der Waals surface area contributed by atoms with Gasteiger partial charge >= 0.3 is 6.18 Å². The molecule has 7 nitrogen and oxygen atoms in total. The van der Waals surface area contributed by atoms with Crippen LogP contribution in [0.4, 0.5) is 13.2 Å². The molecule has 25 heavy (non-hydrogen) atoms. The summed E-state index contributed by atoms with van der Waals surface area (Å²) in [5.41, 5.74) is 4.68. The van der Waals surface area contributed by atoms with Gasteiger partial charge in [0, 0.05) is 25.8 Å². The van der Waals surface area contributed by atoms with Crippen molar-refractivity contribution in [2.24, 2.45) is 5.73 Å². The number of amides is 1. The summed E-state index contributed by atoms with van der Waals surface area (Å²) in [5.74, 6) is -0.264. The van der Waals surface area contributed by atoms with Crippen LogP contribution in [0.3, 0.4) is 0 Å². The van der Waals surface area contributed by atoms with Crippen LogP contribution in [0.25, 0.3) is 5.82 Å². The van der Waals surface area contributed by atoms with Crippen LogP contribution in [0, 0.1) is 0 Å². The summed E-state index contributed by atoms with van der Waals surface area (Å²) in [6.07, 6.45) is -2.46. The van der Waals surface area contributed by atoms with E-state index in [0.717, 1.165) is 16.8 Å². The summed E-state index contributed by atoms with van der Waals surface area (Å²) in [4.78, 5) is 17.3. The van der Waals surface area contributed by atoms with Gasteiger partial charge in [0.25, 0.3) is 5.91 Å². The van der Waals surface area contributed by atoms with Crippen molar-refractivity contribution in [3.8, 4) is 5.82 Å². The Morgan fingerprint density at radius 1 is 1.36 bits per heavy atom. The van der Waals surface area contributed by atoms with Gasteiger partial charge in [-0.15, -0.1) is 29.9 Å². The molecule has 1 unspecified atom stereocenters. The highest BCUT2D eigenvalue weighted by atomic mass is 35.5. The predicted octanol–water partition coefficient (Wildman–Crippen LogP) is 1.94. The van der Waals surface area contributed by atoms with Gasteiger partial charge in [-0.25, -0.2) is 9.67 Å². The van der Waals surface area contributed by atoms with E-state index in [0.29, 0.717) is 6.20 Å². The molecule has 2 N–H and O–H groups in total. The predicted molar refractivity (Wildman–Crippen MR) is 89.3 cm³/mol. The molecule has 2 aromatic heterocycles. The Balaban J connectivity index is 0.00000288. The topological polar surface area (TPSA) is 89.9 Å². The van der Waals surface area contributed by atoms with Gasteiger partial charge in [-0.2, -0.15) is 13.2 Å². The third kappa shape index (κ3) is 5.28. The summed E-state index contributed by atoms with van der Waals surface area (Å²) < 4.78 is 38.6. The molecule has 0 radical (unpaired) electrons. The minimum atomic E-state index is -4.46. The normalized spacial score (nSPS) is 11.9. The van der Waals surface area contributed by atoms with Crippen LogP contribution < -0.4 is 5.73 Å². The third-order valence-electron chi connectivity index (χ3n) is 3.35. The van der Waals surface area contributed by atoms with Gasteiger partial charge in [-0.3, -0.25) is 4.79 Å². The molecular formula is C13H17Cl2F3N6O. The fourth-order valence-electron chi connectivity index (χ4n) is 1.70. The van der Waals surface area contributed by atoms with Crippen LogP contribution in [0.2, 0.25) is 0 Å². The van der Waals surface area contributed by atoms with Crippen LogP contribution in [0.5, 0.6) is 0 Å². The van der Waals surface area contributed by atoms with Crippen molar-refractivity contribution in [1.29, 1.82) is 0 Å². The van der Waals surface area contributed by atoms with E-state index in [9.17, 15) is 18.0 Å². The maximum atomic E-state index is 12.5. The van der Waals surface area contributed by atoms with Crippen molar-refractivity contribution in [3.05, 3.63) is 35.8 Å². The van der Waals surface area contributed by atoms with Crippen molar-refractivity contribution >= 4 is 30.7 Å². The zero-order valence-corrected chi connectivity index (χ0v) is 14.9. The Hall–Kier alpha value is -1.91. The van der Waals surface area contributed by atoms with Crippen LogP contribution in [-0.2, 0) is 6.18 Å². The number of hydrogen-bond acceptors (Lipinski definition) is 5. The van der Waals surface area contributed by atoms with Crippen molar-refractivity contribution in [2.45, 2.75) is 19.1 Å². The summed E-state index contributed by atoms with van der Waals surface area (Å²) in [5, 5.41) is 7.43. The van der Waals surface area contributed by atoms with Crippen molar-refractivity contribution < 1.29 is 18.0 Å². The van der Waals surface area contributed by atoms with E-state index in [2.05, 4.69) is 15.3 Å². The number of pyridine rings is 1. The molecule has 0 saturated heterocycles. The van der Waals surface area contributed by atoms with Gasteiger partial charge in [0.1, 0.15) is 0 Å². The van der Waals surface area contributed by atoms with Crippen molar-refractivity contribution in [2.75, 3.05) is 13.6 Å². The first-order valence-corrected chi connectivity index (χ1v) is 6.67. The first-order valence-electron chi connectivity index (χ1n) is 6.67. The average molecular weight is 401 g/mol. The number of halogens is 5. The van der Waals surface area contributed by atoms with Crippen LogP contribution in [-0.4, -0.2) is 50.4 Å². The van der Waals surface area contributed by atoms with Crippen molar-refractivity contribution in [1.82, 2.24) is 24.9 Å². The lowest BCUT2D eigenvalue weighted by Gasteiger charge is -2.22. The molecular weight excluding hydrogens is 384 g/mol. The highest BCUT2D eigenvalue weighted by Gasteiger charge is 2.30. The summed E-state index contributed by atoms with van der Waals surface area (Å²) >= 11 is 0. The number of hydrogen-bond donors (Lipinski definition) is 1.